The third kappa shape index (κ3) is 3.28. The molecule has 0 radical (unpaired) electrons. The van der Waals surface area contributed by atoms with Crippen molar-refractivity contribution < 1.29 is 5.11 Å². The molecule has 0 saturated carbocycles. The van der Waals surface area contributed by atoms with Crippen LogP contribution in [0, 0.1) is 0 Å². The largest absolute Gasteiger partial charge is 0.394 e. The Morgan fingerprint density at radius 3 is 2.39 bits per heavy atom. The summed E-state index contributed by atoms with van der Waals surface area (Å²) in [4.78, 5) is 4.44. The molecular weight excluding hydrogens is 290 g/mol. The monoisotopic (exact) mass is 303 g/mol. The summed E-state index contributed by atoms with van der Waals surface area (Å²) in [6, 6.07) is 17.5. The van der Waals surface area contributed by atoms with Crippen LogP contribution in [0.25, 0.3) is 0 Å². The summed E-state index contributed by atoms with van der Waals surface area (Å²) >= 11 is 3.47. The van der Waals surface area contributed by atoms with Gasteiger partial charge in [-0.2, -0.15) is 0 Å². The van der Waals surface area contributed by atoms with E-state index >= 15 is 0 Å². The molecule has 2 aromatic rings. The summed E-state index contributed by atoms with van der Waals surface area (Å²) in [7, 11) is 0. The number of nitrogens with zero attached hydrogens (tertiary/aromatic N) is 1. The van der Waals surface area contributed by atoms with E-state index < -0.39 is 0 Å². The van der Waals surface area contributed by atoms with Crippen LogP contribution in [0.5, 0.6) is 0 Å². The van der Waals surface area contributed by atoms with Crippen LogP contribution in [0.1, 0.15) is 17.2 Å². The van der Waals surface area contributed by atoms with Gasteiger partial charge in [-0.15, -0.1) is 0 Å². The van der Waals surface area contributed by atoms with Gasteiger partial charge >= 0.3 is 0 Å². The van der Waals surface area contributed by atoms with Gasteiger partial charge in [-0.25, -0.2) is 0 Å². The van der Waals surface area contributed by atoms with E-state index in [-0.39, 0.29) is 12.6 Å². The van der Waals surface area contributed by atoms with Crippen LogP contribution in [-0.2, 0) is 0 Å². The Bertz CT molecular complexity index is 525. The number of benzene rings is 2. The van der Waals surface area contributed by atoms with Crippen molar-refractivity contribution in [2.75, 3.05) is 6.61 Å². The fraction of sp³-hybridized carbons (Fsp3) is 0.133. The van der Waals surface area contributed by atoms with E-state index in [0.29, 0.717) is 0 Å². The number of aliphatic hydroxyl groups excluding tert-OH is 1. The van der Waals surface area contributed by atoms with Gasteiger partial charge in [0.05, 0.1) is 12.6 Å². The van der Waals surface area contributed by atoms with E-state index in [1.165, 1.54) is 0 Å². The van der Waals surface area contributed by atoms with Crippen molar-refractivity contribution in [1.82, 2.24) is 0 Å². The molecule has 2 aromatic carbocycles. The fourth-order valence-corrected chi connectivity index (χ4v) is 2.05. The van der Waals surface area contributed by atoms with Crippen LogP contribution >= 0.6 is 15.9 Å². The summed E-state index contributed by atoms with van der Waals surface area (Å²) in [6.07, 6.45) is 1.79. The van der Waals surface area contributed by atoms with Gasteiger partial charge in [0, 0.05) is 16.3 Å². The Morgan fingerprint density at radius 2 is 1.72 bits per heavy atom. The Hall–Kier alpha value is -1.45. The summed E-state index contributed by atoms with van der Waals surface area (Å²) in [5.41, 5.74) is 2.02. The molecule has 0 amide bonds. The Kier molecular flexibility index (Phi) is 4.67. The zero-order valence-electron chi connectivity index (χ0n) is 9.83. The van der Waals surface area contributed by atoms with Crippen molar-refractivity contribution in [3.05, 3.63) is 70.2 Å². The van der Waals surface area contributed by atoms with E-state index in [9.17, 15) is 5.11 Å². The summed E-state index contributed by atoms with van der Waals surface area (Å²) < 4.78 is 0.999. The molecule has 2 nitrogen and oxygen atoms in total. The number of hydrogen-bond acceptors (Lipinski definition) is 2. The molecule has 0 unspecified atom stereocenters. The SMILES string of the molecule is OC[C@@H](/N=C/c1ccccc1Br)c1ccccc1. The maximum atomic E-state index is 9.40. The second kappa shape index (κ2) is 6.47. The predicted octanol–water partition coefficient (Wildman–Crippen LogP) is 3.60. The molecule has 2 rings (SSSR count). The number of hydrogen-bond donors (Lipinski definition) is 1. The highest BCUT2D eigenvalue weighted by molar-refractivity contribution is 9.10. The van der Waals surface area contributed by atoms with E-state index in [1.807, 2.05) is 54.6 Å². The standard InChI is InChI=1S/C15H14BrNO/c16-14-9-5-4-8-13(14)10-17-15(11-18)12-6-2-1-3-7-12/h1-10,15,18H,11H2/b17-10+/t15-/m1/s1. The molecule has 92 valence electrons. The minimum Gasteiger partial charge on any atom is -0.394 e. The van der Waals surface area contributed by atoms with Gasteiger partial charge in [0.2, 0.25) is 0 Å². The third-order valence-corrected chi connectivity index (χ3v) is 3.38. The van der Waals surface area contributed by atoms with Crippen molar-refractivity contribution in [1.29, 1.82) is 0 Å². The average Bonchev–Trinajstić information content (AvgIpc) is 2.42. The fourth-order valence-electron chi connectivity index (χ4n) is 1.66. The molecule has 1 N–H and O–H groups in total. The van der Waals surface area contributed by atoms with Gasteiger partial charge in [0.1, 0.15) is 0 Å². The first-order chi connectivity index (χ1) is 8.81. The second-order valence-corrected chi connectivity index (χ2v) is 4.76. The van der Waals surface area contributed by atoms with Crippen LogP contribution in [-0.4, -0.2) is 17.9 Å². The summed E-state index contributed by atoms with van der Waals surface area (Å²) in [6.45, 7) is 0.00493. The number of rotatable bonds is 4. The van der Waals surface area contributed by atoms with E-state index in [1.54, 1.807) is 6.21 Å². The minimum atomic E-state index is -0.210. The van der Waals surface area contributed by atoms with Crippen LogP contribution in [0.3, 0.4) is 0 Å². The summed E-state index contributed by atoms with van der Waals surface area (Å²) in [5, 5.41) is 9.40. The Balaban J connectivity index is 2.19. The molecule has 1 atom stereocenters. The zero-order chi connectivity index (χ0) is 12.8. The molecule has 3 heteroatoms. The molecule has 0 saturated heterocycles. The maximum Gasteiger partial charge on any atom is 0.0979 e. The van der Waals surface area contributed by atoms with E-state index in [4.69, 9.17) is 0 Å². The molecule has 0 heterocycles. The van der Waals surface area contributed by atoms with Crippen molar-refractivity contribution in [3.8, 4) is 0 Å². The molecule has 0 aliphatic heterocycles. The first-order valence-corrected chi connectivity index (χ1v) is 6.54. The predicted molar refractivity (Wildman–Crippen MR) is 78.0 cm³/mol. The average molecular weight is 304 g/mol. The lowest BCUT2D eigenvalue weighted by Crippen LogP contribution is -2.01. The van der Waals surface area contributed by atoms with Gasteiger partial charge in [-0.3, -0.25) is 4.99 Å². The zero-order valence-corrected chi connectivity index (χ0v) is 11.4. The number of aliphatic hydroxyl groups is 1. The second-order valence-electron chi connectivity index (χ2n) is 3.91. The van der Waals surface area contributed by atoms with Gasteiger partial charge in [0.15, 0.2) is 0 Å². The lowest BCUT2D eigenvalue weighted by Gasteiger charge is -2.09. The van der Waals surface area contributed by atoms with Crippen molar-refractivity contribution >= 4 is 22.1 Å². The number of halogens is 1. The van der Waals surface area contributed by atoms with Gasteiger partial charge < -0.3 is 5.11 Å². The topological polar surface area (TPSA) is 32.6 Å². The Morgan fingerprint density at radius 1 is 1.06 bits per heavy atom. The van der Waals surface area contributed by atoms with Crippen molar-refractivity contribution in [3.63, 3.8) is 0 Å². The third-order valence-electron chi connectivity index (χ3n) is 2.66. The van der Waals surface area contributed by atoms with Crippen molar-refractivity contribution in [2.45, 2.75) is 6.04 Å². The van der Waals surface area contributed by atoms with Gasteiger partial charge in [0.25, 0.3) is 0 Å². The molecule has 18 heavy (non-hydrogen) atoms. The highest BCUT2D eigenvalue weighted by Gasteiger charge is 2.06. The minimum absolute atomic E-state index is 0.00493. The molecule has 0 fully saturated rings. The molecule has 0 aliphatic carbocycles. The quantitative estimate of drug-likeness (QED) is 0.860. The first kappa shape index (κ1) is 13.0. The lowest BCUT2D eigenvalue weighted by molar-refractivity contribution is 0.269. The first-order valence-electron chi connectivity index (χ1n) is 5.75. The molecule has 0 aromatic heterocycles. The molecular formula is C15H14BrNO. The lowest BCUT2D eigenvalue weighted by atomic mass is 10.1. The van der Waals surface area contributed by atoms with Crippen LogP contribution in [0.4, 0.5) is 0 Å². The normalized spacial score (nSPS) is 12.8. The van der Waals surface area contributed by atoms with Crippen LogP contribution in [0.15, 0.2) is 64.1 Å². The molecule has 0 spiro atoms. The van der Waals surface area contributed by atoms with Crippen LogP contribution in [0.2, 0.25) is 0 Å². The Labute approximate surface area is 115 Å². The smallest absolute Gasteiger partial charge is 0.0979 e. The molecule has 0 bridgehead atoms. The highest BCUT2D eigenvalue weighted by Crippen LogP contribution is 2.18. The van der Waals surface area contributed by atoms with E-state index in [0.717, 1.165) is 15.6 Å². The maximum absolute atomic E-state index is 9.40. The number of aliphatic imine (C=N–C) groups is 1. The highest BCUT2D eigenvalue weighted by atomic mass is 79.9. The van der Waals surface area contributed by atoms with Gasteiger partial charge in [-0.05, 0) is 11.6 Å². The summed E-state index contributed by atoms with van der Waals surface area (Å²) in [5.74, 6) is 0. The van der Waals surface area contributed by atoms with Crippen molar-refractivity contribution in [2.24, 2.45) is 4.99 Å². The van der Waals surface area contributed by atoms with Gasteiger partial charge in [-0.1, -0.05) is 64.5 Å². The van der Waals surface area contributed by atoms with Crippen LogP contribution < -0.4 is 0 Å². The molecule has 0 aliphatic rings. The van der Waals surface area contributed by atoms with E-state index in [2.05, 4.69) is 20.9 Å².